The third-order valence-corrected chi connectivity index (χ3v) is 3.58. The number of aromatic nitrogens is 4. The Labute approximate surface area is 130 Å². The largest absolute Gasteiger partial charge is 0.354 e. The highest BCUT2D eigenvalue weighted by Gasteiger charge is 2.07. The van der Waals surface area contributed by atoms with Gasteiger partial charge >= 0.3 is 0 Å². The molecule has 0 amide bonds. The molecule has 3 aromatic rings. The lowest BCUT2D eigenvalue weighted by Crippen LogP contribution is -2.28. The Hall–Kier alpha value is -2.69. The molecule has 0 atom stereocenters. The zero-order valence-corrected chi connectivity index (χ0v) is 12.6. The molecule has 1 aromatic carbocycles. The molecule has 0 radical (unpaired) electrons. The highest BCUT2D eigenvalue weighted by atomic mass is 15.3. The summed E-state index contributed by atoms with van der Waals surface area (Å²) in [4.78, 5) is 2.20. The maximum Gasteiger partial charge on any atom is 0.151 e. The molecule has 0 fully saturated rings. The van der Waals surface area contributed by atoms with Crippen LogP contribution in [0.2, 0.25) is 0 Å². The van der Waals surface area contributed by atoms with Gasteiger partial charge in [-0.1, -0.05) is 30.3 Å². The normalized spacial score (nSPS) is 10.6. The highest BCUT2D eigenvalue weighted by molar-refractivity contribution is 5.59. The van der Waals surface area contributed by atoms with Gasteiger partial charge in [-0.15, -0.1) is 10.2 Å². The van der Waals surface area contributed by atoms with Crippen molar-refractivity contribution in [1.29, 1.82) is 0 Å². The SMILES string of the molecule is CCN(CCn1cccn1)c1ccc(-c2ccccc2)nn1. The number of hydrogen-bond donors (Lipinski definition) is 0. The smallest absolute Gasteiger partial charge is 0.151 e. The first-order valence-electron chi connectivity index (χ1n) is 7.48. The van der Waals surface area contributed by atoms with Crippen molar-refractivity contribution in [2.45, 2.75) is 13.5 Å². The molecule has 3 rings (SSSR count). The van der Waals surface area contributed by atoms with Crippen LogP contribution in [0.4, 0.5) is 5.82 Å². The Kier molecular flexibility index (Phi) is 4.44. The van der Waals surface area contributed by atoms with Gasteiger partial charge in [0.25, 0.3) is 0 Å². The summed E-state index contributed by atoms with van der Waals surface area (Å²) in [7, 11) is 0. The van der Waals surface area contributed by atoms with Crippen molar-refractivity contribution >= 4 is 5.82 Å². The van der Waals surface area contributed by atoms with E-state index in [2.05, 4.69) is 27.1 Å². The van der Waals surface area contributed by atoms with Crippen LogP contribution in [0.1, 0.15) is 6.92 Å². The first-order chi connectivity index (χ1) is 10.9. The third kappa shape index (κ3) is 3.31. The van der Waals surface area contributed by atoms with Gasteiger partial charge < -0.3 is 4.90 Å². The molecule has 22 heavy (non-hydrogen) atoms. The van der Waals surface area contributed by atoms with Crippen molar-refractivity contribution in [1.82, 2.24) is 20.0 Å². The molecule has 5 heteroatoms. The van der Waals surface area contributed by atoms with Crippen LogP contribution in [0.25, 0.3) is 11.3 Å². The number of hydrogen-bond acceptors (Lipinski definition) is 4. The first kappa shape index (κ1) is 14.3. The number of nitrogens with zero attached hydrogens (tertiary/aromatic N) is 5. The predicted octanol–water partition coefficient (Wildman–Crippen LogP) is 2.87. The topological polar surface area (TPSA) is 46.8 Å². The first-order valence-corrected chi connectivity index (χ1v) is 7.48. The van der Waals surface area contributed by atoms with Gasteiger partial charge in [0.05, 0.1) is 12.2 Å². The van der Waals surface area contributed by atoms with Crippen LogP contribution >= 0.6 is 0 Å². The van der Waals surface area contributed by atoms with Crippen molar-refractivity contribution in [3.8, 4) is 11.3 Å². The summed E-state index contributed by atoms with van der Waals surface area (Å²) >= 11 is 0. The lowest BCUT2D eigenvalue weighted by atomic mass is 10.1. The summed E-state index contributed by atoms with van der Waals surface area (Å²) < 4.78 is 1.93. The fourth-order valence-corrected chi connectivity index (χ4v) is 2.35. The predicted molar refractivity (Wildman–Crippen MR) is 87.6 cm³/mol. The molecule has 0 unspecified atom stereocenters. The molecule has 0 aliphatic heterocycles. The van der Waals surface area contributed by atoms with E-state index in [-0.39, 0.29) is 0 Å². The van der Waals surface area contributed by atoms with Crippen LogP contribution in [-0.2, 0) is 6.54 Å². The Bertz CT molecular complexity index is 677. The highest BCUT2D eigenvalue weighted by Crippen LogP contribution is 2.17. The Morgan fingerprint density at radius 1 is 1.00 bits per heavy atom. The van der Waals surface area contributed by atoms with E-state index in [0.717, 1.165) is 36.7 Å². The standard InChI is InChI=1S/C17H19N5/c1-2-21(13-14-22-12-6-11-18-22)17-10-9-16(19-20-17)15-7-4-3-5-8-15/h3-12H,2,13-14H2,1H3. The molecule has 0 saturated carbocycles. The molecule has 0 bridgehead atoms. The summed E-state index contributed by atoms with van der Waals surface area (Å²) in [6.45, 7) is 4.71. The molecule has 5 nitrogen and oxygen atoms in total. The monoisotopic (exact) mass is 293 g/mol. The van der Waals surface area contributed by atoms with Crippen LogP contribution in [-0.4, -0.2) is 33.1 Å². The molecular weight excluding hydrogens is 274 g/mol. The molecule has 112 valence electrons. The van der Waals surface area contributed by atoms with Gasteiger partial charge in [-0.25, -0.2) is 0 Å². The molecule has 0 saturated heterocycles. The number of rotatable bonds is 6. The number of benzene rings is 1. The lowest BCUT2D eigenvalue weighted by Gasteiger charge is -2.21. The number of anilines is 1. The second kappa shape index (κ2) is 6.85. The molecule has 0 spiro atoms. The fourth-order valence-electron chi connectivity index (χ4n) is 2.35. The van der Waals surface area contributed by atoms with E-state index in [1.165, 1.54) is 0 Å². The van der Waals surface area contributed by atoms with E-state index in [4.69, 9.17) is 0 Å². The summed E-state index contributed by atoms with van der Waals surface area (Å²) in [6.07, 6.45) is 3.77. The second-order valence-electron chi connectivity index (χ2n) is 4.99. The van der Waals surface area contributed by atoms with Gasteiger partial charge in [0.2, 0.25) is 0 Å². The minimum atomic E-state index is 0.836. The van der Waals surface area contributed by atoms with Gasteiger partial charge in [0, 0.05) is 31.0 Å². The molecule has 2 aromatic heterocycles. The van der Waals surface area contributed by atoms with Gasteiger partial charge in [-0.2, -0.15) is 5.10 Å². The summed E-state index contributed by atoms with van der Waals surface area (Å²) in [5.74, 6) is 0.898. The van der Waals surface area contributed by atoms with Gasteiger partial charge in [0.15, 0.2) is 5.82 Å². The van der Waals surface area contributed by atoms with Gasteiger partial charge in [0.1, 0.15) is 0 Å². The molecule has 0 aliphatic rings. The zero-order valence-electron chi connectivity index (χ0n) is 12.6. The van der Waals surface area contributed by atoms with Crippen LogP contribution in [0.3, 0.4) is 0 Å². The van der Waals surface area contributed by atoms with E-state index in [1.807, 2.05) is 59.4 Å². The van der Waals surface area contributed by atoms with Crippen molar-refractivity contribution in [3.05, 3.63) is 60.9 Å². The van der Waals surface area contributed by atoms with Crippen molar-refractivity contribution in [3.63, 3.8) is 0 Å². The van der Waals surface area contributed by atoms with Crippen molar-refractivity contribution < 1.29 is 0 Å². The van der Waals surface area contributed by atoms with E-state index in [1.54, 1.807) is 6.20 Å². The van der Waals surface area contributed by atoms with Crippen molar-refractivity contribution in [2.24, 2.45) is 0 Å². The maximum absolute atomic E-state index is 4.37. The zero-order chi connectivity index (χ0) is 15.2. The molecular formula is C17H19N5. The maximum atomic E-state index is 4.37. The quantitative estimate of drug-likeness (QED) is 0.701. The lowest BCUT2D eigenvalue weighted by molar-refractivity contribution is 0.596. The van der Waals surface area contributed by atoms with Crippen LogP contribution in [0.5, 0.6) is 0 Å². The van der Waals surface area contributed by atoms with E-state index >= 15 is 0 Å². The van der Waals surface area contributed by atoms with Crippen LogP contribution in [0.15, 0.2) is 60.9 Å². The number of likely N-dealkylation sites (N-methyl/N-ethyl adjacent to an activating group) is 1. The Morgan fingerprint density at radius 2 is 1.86 bits per heavy atom. The second-order valence-corrected chi connectivity index (χ2v) is 4.99. The minimum Gasteiger partial charge on any atom is -0.354 e. The molecule has 2 heterocycles. The average molecular weight is 293 g/mol. The van der Waals surface area contributed by atoms with Gasteiger partial charge in [-0.3, -0.25) is 4.68 Å². The summed E-state index contributed by atoms with van der Waals surface area (Å²) in [5.41, 5.74) is 1.98. The van der Waals surface area contributed by atoms with E-state index < -0.39 is 0 Å². The average Bonchev–Trinajstić information content (AvgIpc) is 3.10. The van der Waals surface area contributed by atoms with Crippen LogP contribution in [0, 0.1) is 0 Å². The summed E-state index contributed by atoms with van der Waals surface area (Å²) in [5, 5.41) is 12.9. The minimum absolute atomic E-state index is 0.836. The van der Waals surface area contributed by atoms with E-state index in [9.17, 15) is 0 Å². The third-order valence-electron chi connectivity index (χ3n) is 3.58. The Balaban J connectivity index is 1.70. The Morgan fingerprint density at radius 3 is 2.50 bits per heavy atom. The van der Waals surface area contributed by atoms with Crippen molar-refractivity contribution in [2.75, 3.05) is 18.0 Å². The fraction of sp³-hybridized carbons (Fsp3) is 0.235. The molecule has 0 N–H and O–H groups in total. The molecule has 0 aliphatic carbocycles. The summed E-state index contributed by atoms with van der Waals surface area (Å²) in [6, 6.07) is 16.1. The van der Waals surface area contributed by atoms with Crippen LogP contribution < -0.4 is 4.90 Å². The van der Waals surface area contributed by atoms with Gasteiger partial charge in [-0.05, 0) is 25.1 Å². The van der Waals surface area contributed by atoms with E-state index in [0.29, 0.717) is 0 Å².